The number of anilines is 2. The number of nitrogens with zero attached hydrogens (tertiary/aromatic N) is 4. The third-order valence-corrected chi connectivity index (χ3v) is 3.45. The summed E-state index contributed by atoms with van der Waals surface area (Å²) in [6.45, 7) is 6.03. The molecule has 5 nitrogen and oxygen atoms in total. The lowest BCUT2D eigenvalue weighted by atomic mass is 10.2. The first-order chi connectivity index (χ1) is 8.52. The zero-order valence-corrected chi connectivity index (χ0v) is 11.7. The van der Waals surface area contributed by atoms with Crippen molar-refractivity contribution in [3.63, 3.8) is 0 Å². The maximum absolute atomic E-state index is 9.12. The molecule has 0 aliphatic carbocycles. The van der Waals surface area contributed by atoms with Gasteiger partial charge in [0.05, 0.1) is 11.4 Å². The van der Waals surface area contributed by atoms with Gasteiger partial charge in [-0.15, -0.1) is 11.3 Å². The van der Waals surface area contributed by atoms with Crippen molar-refractivity contribution >= 4 is 22.3 Å². The maximum atomic E-state index is 9.12. The predicted molar refractivity (Wildman–Crippen MR) is 72.1 cm³/mol. The van der Waals surface area contributed by atoms with Crippen LogP contribution in [0.3, 0.4) is 0 Å². The van der Waals surface area contributed by atoms with Crippen LogP contribution in [0.1, 0.15) is 36.7 Å². The van der Waals surface area contributed by atoms with E-state index in [1.807, 2.05) is 19.4 Å². The summed E-state index contributed by atoms with van der Waals surface area (Å²) < 4.78 is 1.67. The molecule has 1 N–H and O–H groups in total. The fourth-order valence-electron chi connectivity index (χ4n) is 1.65. The van der Waals surface area contributed by atoms with Crippen LogP contribution in [0.25, 0.3) is 0 Å². The molecule has 0 saturated heterocycles. The Hall–Kier alpha value is -1.87. The zero-order valence-electron chi connectivity index (χ0n) is 10.9. The highest BCUT2D eigenvalue weighted by atomic mass is 32.1. The van der Waals surface area contributed by atoms with E-state index >= 15 is 0 Å². The van der Waals surface area contributed by atoms with Crippen molar-refractivity contribution in [2.45, 2.75) is 26.7 Å². The van der Waals surface area contributed by atoms with Gasteiger partial charge in [-0.2, -0.15) is 10.4 Å². The van der Waals surface area contributed by atoms with Gasteiger partial charge in [0.2, 0.25) is 0 Å². The largest absolute Gasteiger partial charge is 0.315 e. The zero-order chi connectivity index (χ0) is 13.3. The number of nitriles is 1. The van der Waals surface area contributed by atoms with Gasteiger partial charge in [-0.25, -0.2) is 4.98 Å². The van der Waals surface area contributed by atoms with Crippen LogP contribution in [0, 0.1) is 18.3 Å². The fourth-order valence-corrected chi connectivity index (χ4v) is 2.52. The SMILES string of the molecule is Cc1nn(C)c(Nc2nc(C(C)C)cs2)c1C#N. The van der Waals surface area contributed by atoms with Gasteiger partial charge in [0, 0.05) is 12.4 Å². The molecule has 18 heavy (non-hydrogen) atoms. The standard InChI is InChI=1S/C12H15N5S/c1-7(2)10-6-18-12(14-10)15-11-9(5-13)8(3)16-17(11)4/h6-7H,1-4H3,(H,14,15). The van der Waals surface area contributed by atoms with E-state index in [0.717, 1.165) is 16.5 Å². The Morgan fingerprint density at radius 3 is 2.78 bits per heavy atom. The van der Waals surface area contributed by atoms with Crippen LogP contribution in [0.15, 0.2) is 5.38 Å². The molecular formula is C12H15N5S. The van der Waals surface area contributed by atoms with Crippen molar-refractivity contribution in [3.05, 3.63) is 22.3 Å². The summed E-state index contributed by atoms with van der Waals surface area (Å²) in [4.78, 5) is 4.49. The summed E-state index contributed by atoms with van der Waals surface area (Å²) in [5.74, 6) is 1.10. The molecule has 2 rings (SSSR count). The summed E-state index contributed by atoms with van der Waals surface area (Å²) >= 11 is 1.54. The van der Waals surface area contributed by atoms with Crippen molar-refractivity contribution in [1.29, 1.82) is 5.26 Å². The quantitative estimate of drug-likeness (QED) is 0.922. The molecule has 0 atom stereocenters. The second kappa shape index (κ2) is 4.78. The molecule has 0 spiro atoms. The minimum Gasteiger partial charge on any atom is -0.315 e. The van der Waals surface area contributed by atoms with E-state index in [1.165, 1.54) is 11.3 Å². The van der Waals surface area contributed by atoms with E-state index in [4.69, 9.17) is 5.26 Å². The summed E-state index contributed by atoms with van der Waals surface area (Å²) in [5, 5.41) is 19.3. The normalized spacial score (nSPS) is 10.7. The summed E-state index contributed by atoms with van der Waals surface area (Å²) in [6.07, 6.45) is 0. The number of aryl methyl sites for hydroxylation is 2. The molecule has 0 unspecified atom stereocenters. The second-order valence-electron chi connectivity index (χ2n) is 4.40. The van der Waals surface area contributed by atoms with E-state index in [2.05, 4.69) is 35.3 Å². The van der Waals surface area contributed by atoms with Crippen molar-refractivity contribution < 1.29 is 0 Å². The van der Waals surface area contributed by atoms with Gasteiger partial charge in [0.15, 0.2) is 5.13 Å². The molecule has 0 aliphatic heterocycles. The third-order valence-electron chi connectivity index (χ3n) is 2.67. The van der Waals surface area contributed by atoms with Crippen LogP contribution in [-0.4, -0.2) is 14.8 Å². The summed E-state index contributed by atoms with van der Waals surface area (Å²) in [5.41, 5.74) is 2.35. The first kappa shape index (κ1) is 12.6. The molecule has 94 valence electrons. The van der Waals surface area contributed by atoms with E-state index in [0.29, 0.717) is 17.3 Å². The first-order valence-electron chi connectivity index (χ1n) is 5.69. The summed E-state index contributed by atoms with van der Waals surface area (Å²) in [6, 6.07) is 2.17. The van der Waals surface area contributed by atoms with Crippen molar-refractivity contribution in [3.8, 4) is 6.07 Å². The average molecular weight is 261 g/mol. The molecule has 2 aromatic rings. The third kappa shape index (κ3) is 2.22. The molecule has 0 aromatic carbocycles. The van der Waals surface area contributed by atoms with Gasteiger partial charge in [0.1, 0.15) is 17.5 Å². The van der Waals surface area contributed by atoms with E-state index in [9.17, 15) is 0 Å². The minimum atomic E-state index is 0.403. The Kier molecular flexibility index (Phi) is 3.34. The summed E-state index contributed by atoms with van der Waals surface area (Å²) in [7, 11) is 1.81. The van der Waals surface area contributed by atoms with Crippen LogP contribution in [0.4, 0.5) is 10.9 Å². The highest BCUT2D eigenvalue weighted by molar-refractivity contribution is 7.13. The van der Waals surface area contributed by atoms with Crippen LogP contribution in [0.2, 0.25) is 0 Å². The van der Waals surface area contributed by atoms with Gasteiger partial charge in [0.25, 0.3) is 0 Å². The number of nitrogens with one attached hydrogen (secondary N) is 1. The lowest BCUT2D eigenvalue weighted by Gasteiger charge is -2.03. The lowest BCUT2D eigenvalue weighted by Crippen LogP contribution is -2.00. The Morgan fingerprint density at radius 2 is 2.22 bits per heavy atom. The first-order valence-corrected chi connectivity index (χ1v) is 6.57. The number of rotatable bonds is 3. The van der Waals surface area contributed by atoms with Gasteiger partial charge in [-0.05, 0) is 12.8 Å². The highest BCUT2D eigenvalue weighted by Crippen LogP contribution is 2.27. The van der Waals surface area contributed by atoms with Gasteiger partial charge in [-0.3, -0.25) is 4.68 Å². The van der Waals surface area contributed by atoms with E-state index in [1.54, 1.807) is 4.68 Å². The maximum Gasteiger partial charge on any atom is 0.188 e. The Morgan fingerprint density at radius 1 is 1.50 bits per heavy atom. The van der Waals surface area contributed by atoms with Gasteiger partial charge < -0.3 is 5.32 Å². The van der Waals surface area contributed by atoms with Crippen molar-refractivity contribution in [2.24, 2.45) is 7.05 Å². The molecule has 0 radical (unpaired) electrons. The number of hydrogen-bond acceptors (Lipinski definition) is 5. The molecular weight excluding hydrogens is 246 g/mol. The Bertz CT molecular complexity index is 603. The predicted octanol–water partition coefficient (Wildman–Crippen LogP) is 2.92. The minimum absolute atomic E-state index is 0.403. The van der Waals surface area contributed by atoms with Crippen LogP contribution in [0.5, 0.6) is 0 Å². The smallest absolute Gasteiger partial charge is 0.188 e. The number of thiazole rings is 1. The van der Waals surface area contributed by atoms with Crippen molar-refractivity contribution in [2.75, 3.05) is 5.32 Å². The Labute approximate surface area is 110 Å². The van der Waals surface area contributed by atoms with Gasteiger partial charge >= 0.3 is 0 Å². The molecule has 0 fully saturated rings. The van der Waals surface area contributed by atoms with Gasteiger partial charge in [-0.1, -0.05) is 13.8 Å². The van der Waals surface area contributed by atoms with Crippen LogP contribution in [-0.2, 0) is 7.05 Å². The Balaban J connectivity index is 2.31. The van der Waals surface area contributed by atoms with E-state index in [-0.39, 0.29) is 0 Å². The lowest BCUT2D eigenvalue weighted by molar-refractivity contribution is 0.764. The molecule has 0 amide bonds. The molecule has 0 aliphatic rings. The molecule has 6 heteroatoms. The molecule has 2 heterocycles. The monoisotopic (exact) mass is 261 g/mol. The molecule has 0 saturated carbocycles. The molecule has 2 aromatic heterocycles. The molecule has 0 bridgehead atoms. The van der Waals surface area contributed by atoms with E-state index < -0.39 is 0 Å². The number of aromatic nitrogens is 3. The fraction of sp³-hybridized carbons (Fsp3) is 0.417. The van der Waals surface area contributed by atoms with Crippen molar-refractivity contribution in [1.82, 2.24) is 14.8 Å². The average Bonchev–Trinajstić information content (AvgIpc) is 2.86. The van der Waals surface area contributed by atoms with Crippen LogP contribution >= 0.6 is 11.3 Å². The second-order valence-corrected chi connectivity index (χ2v) is 5.26. The number of hydrogen-bond donors (Lipinski definition) is 1. The highest BCUT2D eigenvalue weighted by Gasteiger charge is 2.14. The van der Waals surface area contributed by atoms with Crippen LogP contribution < -0.4 is 5.32 Å². The topological polar surface area (TPSA) is 66.5 Å².